The molecule has 1 aromatic carbocycles. The molecule has 0 N–H and O–H groups in total. The van der Waals surface area contributed by atoms with E-state index in [4.69, 9.17) is 0 Å². The highest BCUT2D eigenvalue weighted by molar-refractivity contribution is 7.74. The lowest BCUT2D eigenvalue weighted by molar-refractivity contribution is -0.310. The maximum absolute atomic E-state index is 13.1. The average molecular weight is 289 g/mol. The highest BCUT2D eigenvalue weighted by Gasteiger charge is 2.64. The van der Waals surface area contributed by atoms with Crippen LogP contribution in [0.5, 0.6) is 0 Å². The largest absolute Gasteiger partial charge is 0.750 e. The summed E-state index contributed by atoms with van der Waals surface area (Å²) in [5, 5.41) is 0. The van der Waals surface area contributed by atoms with Gasteiger partial charge in [0, 0.05) is 0 Å². The summed E-state index contributed by atoms with van der Waals surface area (Å²) >= 11 is -3.51. The summed E-state index contributed by atoms with van der Waals surface area (Å²) in [7, 11) is 0. The Balaban J connectivity index is 3.18. The first-order chi connectivity index (χ1) is 8.16. The summed E-state index contributed by atoms with van der Waals surface area (Å²) in [5.74, 6) is -5.32. The molecule has 0 aliphatic carbocycles. The van der Waals surface area contributed by atoms with Crippen molar-refractivity contribution in [2.24, 2.45) is 0 Å². The highest BCUT2D eigenvalue weighted by Crippen LogP contribution is 2.46. The monoisotopic (exact) mass is 289 g/mol. The van der Waals surface area contributed by atoms with Crippen molar-refractivity contribution in [1.29, 1.82) is 0 Å². The summed E-state index contributed by atoms with van der Waals surface area (Å²) < 4.78 is 86.9. The molecule has 1 rings (SSSR count). The molecule has 18 heavy (non-hydrogen) atoms. The van der Waals surface area contributed by atoms with E-state index in [9.17, 15) is 30.7 Å². The molecule has 0 aliphatic rings. The van der Waals surface area contributed by atoms with Gasteiger partial charge in [-0.2, -0.15) is 22.0 Å². The molecule has 0 spiro atoms. The second kappa shape index (κ2) is 5.29. The molecule has 102 valence electrons. The van der Waals surface area contributed by atoms with Crippen molar-refractivity contribution in [3.05, 3.63) is 35.9 Å². The average Bonchev–Trinajstić information content (AvgIpc) is 2.25. The Morgan fingerprint density at radius 1 is 1.11 bits per heavy atom. The molecular weight excluding hydrogens is 283 g/mol. The third-order valence-electron chi connectivity index (χ3n) is 1.98. The zero-order chi connectivity index (χ0) is 14.0. The van der Waals surface area contributed by atoms with Crippen LogP contribution in [0.4, 0.5) is 22.0 Å². The maximum Gasteiger partial charge on any atom is 0.456 e. The molecule has 3 nitrogen and oxygen atoms in total. The number of alkyl halides is 5. The Bertz CT molecular complexity index is 420. The second-order valence-electron chi connectivity index (χ2n) is 3.21. The van der Waals surface area contributed by atoms with Gasteiger partial charge < -0.3 is 4.55 Å². The molecule has 0 amide bonds. The van der Waals surface area contributed by atoms with Gasteiger partial charge in [0.15, 0.2) is 6.10 Å². The van der Waals surface area contributed by atoms with Gasteiger partial charge >= 0.3 is 12.1 Å². The van der Waals surface area contributed by atoms with Gasteiger partial charge in [0.25, 0.3) is 0 Å². The van der Waals surface area contributed by atoms with Gasteiger partial charge in [-0.1, -0.05) is 30.3 Å². The molecule has 2 unspecified atom stereocenters. The molecule has 0 heterocycles. The zero-order valence-corrected chi connectivity index (χ0v) is 9.30. The predicted molar refractivity (Wildman–Crippen MR) is 50.2 cm³/mol. The quantitative estimate of drug-likeness (QED) is 0.632. The number of hydrogen-bond acceptors (Lipinski definition) is 3. The van der Waals surface area contributed by atoms with Crippen molar-refractivity contribution in [1.82, 2.24) is 0 Å². The van der Waals surface area contributed by atoms with Crippen molar-refractivity contribution in [2.75, 3.05) is 0 Å². The van der Waals surface area contributed by atoms with E-state index in [2.05, 4.69) is 4.18 Å². The Kier molecular flexibility index (Phi) is 4.41. The topological polar surface area (TPSA) is 49.4 Å². The first-order valence-electron chi connectivity index (χ1n) is 4.42. The van der Waals surface area contributed by atoms with E-state index in [0.29, 0.717) is 0 Å². The lowest BCUT2D eigenvalue weighted by atomic mass is 10.0. The van der Waals surface area contributed by atoms with Crippen LogP contribution in [0.2, 0.25) is 0 Å². The Morgan fingerprint density at radius 2 is 1.61 bits per heavy atom. The SMILES string of the molecule is O=S([O-])OC(c1ccccc1)C(F)(F)C(F)(F)F. The van der Waals surface area contributed by atoms with Crippen molar-refractivity contribution in [3.8, 4) is 0 Å². The molecule has 0 fully saturated rings. The van der Waals surface area contributed by atoms with Gasteiger partial charge in [-0.3, -0.25) is 4.18 Å². The van der Waals surface area contributed by atoms with Gasteiger partial charge in [-0.05, 0) is 5.56 Å². The van der Waals surface area contributed by atoms with Crippen LogP contribution in [-0.4, -0.2) is 20.9 Å². The Hall–Kier alpha value is -1.06. The van der Waals surface area contributed by atoms with Crippen LogP contribution in [0.1, 0.15) is 11.7 Å². The van der Waals surface area contributed by atoms with E-state index in [1.807, 2.05) is 0 Å². The first-order valence-corrected chi connectivity index (χ1v) is 5.42. The normalized spacial score (nSPS) is 16.3. The van der Waals surface area contributed by atoms with Gasteiger partial charge in [0.2, 0.25) is 0 Å². The minimum atomic E-state index is -5.92. The third kappa shape index (κ3) is 3.24. The fourth-order valence-corrected chi connectivity index (χ4v) is 1.57. The molecular formula is C9H6F5O3S-. The molecule has 2 atom stereocenters. The molecule has 0 saturated carbocycles. The summed E-state index contributed by atoms with van der Waals surface area (Å²) in [4.78, 5) is 0. The van der Waals surface area contributed by atoms with Crippen LogP contribution < -0.4 is 0 Å². The van der Waals surface area contributed by atoms with Crippen LogP contribution in [0.3, 0.4) is 0 Å². The molecule has 0 saturated heterocycles. The minimum Gasteiger partial charge on any atom is -0.750 e. The summed E-state index contributed by atoms with van der Waals surface area (Å²) in [5.41, 5.74) is -0.593. The lowest BCUT2D eigenvalue weighted by Crippen LogP contribution is -2.43. The van der Waals surface area contributed by atoms with Crippen LogP contribution in [0, 0.1) is 0 Å². The Labute approximate surface area is 101 Å². The van der Waals surface area contributed by atoms with E-state index in [-0.39, 0.29) is 0 Å². The summed E-state index contributed by atoms with van der Waals surface area (Å²) in [6, 6.07) is 5.58. The predicted octanol–water partition coefficient (Wildman–Crippen LogP) is 2.74. The first kappa shape index (κ1) is 15.0. The molecule has 1 aromatic rings. The molecule has 0 bridgehead atoms. The fraction of sp³-hybridized carbons (Fsp3) is 0.333. The van der Waals surface area contributed by atoms with E-state index < -0.39 is 35.1 Å². The van der Waals surface area contributed by atoms with Crippen molar-refractivity contribution in [2.45, 2.75) is 18.2 Å². The zero-order valence-electron chi connectivity index (χ0n) is 8.49. The van der Waals surface area contributed by atoms with Gasteiger partial charge in [0.05, 0.1) is 11.4 Å². The van der Waals surface area contributed by atoms with Crippen molar-refractivity contribution >= 4 is 11.4 Å². The van der Waals surface area contributed by atoms with E-state index in [1.54, 1.807) is 0 Å². The van der Waals surface area contributed by atoms with Crippen LogP contribution in [0.15, 0.2) is 30.3 Å². The van der Waals surface area contributed by atoms with Crippen molar-refractivity contribution < 1.29 is 34.9 Å². The Morgan fingerprint density at radius 3 is 2.00 bits per heavy atom. The maximum atomic E-state index is 13.1. The van der Waals surface area contributed by atoms with E-state index >= 15 is 0 Å². The van der Waals surface area contributed by atoms with Gasteiger partial charge in [0.1, 0.15) is 0 Å². The van der Waals surface area contributed by atoms with Crippen LogP contribution >= 0.6 is 0 Å². The van der Waals surface area contributed by atoms with Crippen molar-refractivity contribution in [3.63, 3.8) is 0 Å². The highest BCUT2D eigenvalue weighted by atomic mass is 32.2. The molecule has 0 radical (unpaired) electrons. The third-order valence-corrected chi connectivity index (χ3v) is 2.33. The molecule has 0 aromatic heterocycles. The smallest absolute Gasteiger partial charge is 0.456 e. The van der Waals surface area contributed by atoms with E-state index in [0.717, 1.165) is 12.1 Å². The molecule has 9 heteroatoms. The second-order valence-corrected chi connectivity index (χ2v) is 3.81. The van der Waals surface area contributed by atoms with Gasteiger partial charge in [-0.15, -0.1) is 0 Å². The van der Waals surface area contributed by atoms with E-state index in [1.165, 1.54) is 18.2 Å². The van der Waals surface area contributed by atoms with Gasteiger partial charge in [-0.25, -0.2) is 4.21 Å². The fourth-order valence-electron chi connectivity index (χ4n) is 1.18. The number of halogens is 5. The number of rotatable bonds is 4. The summed E-state index contributed by atoms with van der Waals surface area (Å²) in [6.45, 7) is 0. The standard InChI is InChI=1S/C9H7F5O3S/c10-8(11,9(12,13)14)7(17-18(15)16)6-4-2-1-3-5-6/h1-5,7H,(H,15,16)/p-1. The lowest BCUT2D eigenvalue weighted by Gasteiger charge is -2.28. The number of hydrogen-bond donors (Lipinski definition) is 0. The molecule has 0 aliphatic heterocycles. The van der Waals surface area contributed by atoms with Crippen LogP contribution in [-0.2, 0) is 15.5 Å². The minimum absolute atomic E-state index is 0.593. The number of benzene rings is 1. The summed E-state index contributed by atoms with van der Waals surface area (Å²) in [6.07, 6.45) is -8.87. The van der Waals surface area contributed by atoms with Crippen LogP contribution in [0.25, 0.3) is 0 Å².